The molecule has 5 heteroatoms. The van der Waals surface area contributed by atoms with Crippen LogP contribution in [0.5, 0.6) is 0 Å². The molecule has 21 heavy (non-hydrogen) atoms. The van der Waals surface area contributed by atoms with Gasteiger partial charge >= 0.3 is 0 Å². The molecule has 1 unspecified atom stereocenters. The van der Waals surface area contributed by atoms with Gasteiger partial charge in [0.2, 0.25) is 0 Å². The predicted octanol–water partition coefficient (Wildman–Crippen LogP) is 2.32. The summed E-state index contributed by atoms with van der Waals surface area (Å²) in [5.74, 6) is 0.650. The fourth-order valence-electron chi connectivity index (χ4n) is 2.75. The van der Waals surface area contributed by atoms with Crippen molar-refractivity contribution in [1.82, 2.24) is 14.9 Å². The van der Waals surface area contributed by atoms with E-state index in [0.717, 1.165) is 30.8 Å². The minimum atomic E-state index is -0.473. The number of rotatable bonds is 3. The summed E-state index contributed by atoms with van der Waals surface area (Å²) in [7, 11) is 0. The summed E-state index contributed by atoms with van der Waals surface area (Å²) in [6.07, 6.45) is 5.68. The quantitative estimate of drug-likeness (QED) is 0.941. The van der Waals surface area contributed by atoms with E-state index in [4.69, 9.17) is 0 Å². The summed E-state index contributed by atoms with van der Waals surface area (Å²) in [5, 5.41) is 2.85. The molecule has 2 aromatic rings. The van der Waals surface area contributed by atoms with Gasteiger partial charge in [0.15, 0.2) is 0 Å². The zero-order chi connectivity index (χ0) is 14.8. The summed E-state index contributed by atoms with van der Waals surface area (Å²) in [4.78, 5) is 16.4. The Morgan fingerprint density at radius 2 is 2.38 bits per heavy atom. The average molecular weight is 287 g/mol. The molecule has 1 amide bonds. The number of nitrogens with one attached hydrogen (secondary N) is 1. The Labute approximate surface area is 123 Å². The molecule has 110 valence electrons. The number of nitrogens with zero attached hydrogens (tertiary/aromatic N) is 2. The van der Waals surface area contributed by atoms with Crippen LogP contribution < -0.4 is 5.32 Å². The number of hydrogen-bond donors (Lipinski definition) is 1. The molecule has 1 aromatic heterocycles. The van der Waals surface area contributed by atoms with E-state index < -0.39 is 5.82 Å². The summed E-state index contributed by atoms with van der Waals surface area (Å²) >= 11 is 0. The molecule has 0 fully saturated rings. The van der Waals surface area contributed by atoms with Crippen molar-refractivity contribution in [3.05, 3.63) is 53.4 Å². The number of fused-ring (bicyclic) bond motifs is 1. The molecule has 0 radical (unpaired) electrons. The molecule has 2 heterocycles. The zero-order valence-electron chi connectivity index (χ0n) is 12.0. The molecule has 0 spiro atoms. The van der Waals surface area contributed by atoms with Gasteiger partial charge in [-0.2, -0.15) is 0 Å². The minimum absolute atomic E-state index is 0.120. The van der Waals surface area contributed by atoms with Gasteiger partial charge in [0.05, 0.1) is 5.56 Å². The van der Waals surface area contributed by atoms with E-state index in [9.17, 15) is 9.18 Å². The fraction of sp³-hybridized carbons (Fsp3) is 0.375. The predicted molar refractivity (Wildman–Crippen MR) is 77.5 cm³/mol. The Hall–Kier alpha value is -2.17. The second-order valence-electron chi connectivity index (χ2n) is 5.59. The summed E-state index contributed by atoms with van der Waals surface area (Å²) in [6.45, 7) is 3.26. The molecule has 1 aromatic carbocycles. The molecule has 1 aliphatic rings. The highest BCUT2D eigenvalue weighted by Gasteiger charge is 2.20. The summed E-state index contributed by atoms with van der Waals surface area (Å²) < 4.78 is 15.8. The smallest absolute Gasteiger partial charge is 0.254 e. The lowest BCUT2D eigenvalue weighted by atomic mass is 9.99. The second-order valence-corrected chi connectivity index (χ2v) is 5.59. The van der Waals surface area contributed by atoms with Crippen LogP contribution in [0.25, 0.3) is 0 Å². The minimum Gasteiger partial charge on any atom is -0.352 e. The number of benzene rings is 1. The molecule has 1 N–H and O–H groups in total. The maximum atomic E-state index is 13.7. The van der Waals surface area contributed by atoms with E-state index in [2.05, 4.69) is 14.9 Å². The number of imidazole rings is 1. The van der Waals surface area contributed by atoms with Crippen LogP contribution in [-0.4, -0.2) is 22.0 Å². The van der Waals surface area contributed by atoms with Gasteiger partial charge in [0.1, 0.15) is 11.6 Å². The first-order valence-electron chi connectivity index (χ1n) is 7.18. The molecule has 0 saturated carbocycles. The molecule has 0 bridgehead atoms. The third-order valence-corrected chi connectivity index (χ3v) is 3.95. The SMILES string of the molecule is Cc1ccc(F)c(C(=O)NCC2CCc3nccn3C2)c1. The number of amides is 1. The Morgan fingerprint density at radius 1 is 1.52 bits per heavy atom. The van der Waals surface area contributed by atoms with Crippen molar-refractivity contribution in [2.24, 2.45) is 5.92 Å². The zero-order valence-corrected chi connectivity index (χ0v) is 12.0. The van der Waals surface area contributed by atoms with Gasteiger partial charge in [-0.05, 0) is 31.4 Å². The first-order chi connectivity index (χ1) is 10.1. The Balaban J connectivity index is 1.61. The number of halogens is 1. The van der Waals surface area contributed by atoms with Gasteiger partial charge in [0, 0.05) is 31.9 Å². The monoisotopic (exact) mass is 287 g/mol. The molecule has 1 atom stereocenters. The van der Waals surface area contributed by atoms with Crippen molar-refractivity contribution >= 4 is 5.91 Å². The lowest BCUT2D eigenvalue weighted by molar-refractivity contribution is 0.0939. The third kappa shape index (κ3) is 2.96. The van der Waals surface area contributed by atoms with E-state index in [1.165, 1.54) is 6.07 Å². The van der Waals surface area contributed by atoms with Crippen molar-refractivity contribution in [3.63, 3.8) is 0 Å². The van der Waals surface area contributed by atoms with E-state index in [-0.39, 0.29) is 11.5 Å². The average Bonchev–Trinajstić information content (AvgIpc) is 2.94. The Bertz CT molecular complexity index is 665. The number of carbonyl (C=O) groups is 1. The van der Waals surface area contributed by atoms with Crippen molar-refractivity contribution in [1.29, 1.82) is 0 Å². The van der Waals surface area contributed by atoms with Crippen LogP contribution in [0.2, 0.25) is 0 Å². The van der Waals surface area contributed by atoms with Gasteiger partial charge < -0.3 is 9.88 Å². The van der Waals surface area contributed by atoms with E-state index >= 15 is 0 Å². The van der Waals surface area contributed by atoms with E-state index in [1.54, 1.807) is 18.3 Å². The molecule has 4 nitrogen and oxygen atoms in total. The largest absolute Gasteiger partial charge is 0.352 e. The van der Waals surface area contributed by atoms with Crippen molar-refractivity contribution in [3.8, 4) is 0 Å². The third-order valence-electron chi connectivity index (χ3n) is 3.95. The molecule has 1 aliphatic heterocycles. The topological polar surface area (TPSA) is 46.9 Å². The molecule has 0 aliphatic carbocycles. The van der Waals surface area contributed by atoms with Crippen LogP contribution in [-0.2, 0) is 13.0 Å². The van der Waals surface area contributed by atoms with Crippen molar-refractivity contribution < 1.29 is 9.18 Å². The Morgan fingerprint density at radius 3 is 3.24 bits per heavy atom. The van der Waals surface area contributed by atoms with Crippen LogP contribution in [0.1, 0.15) is 28.2 Å². The van der Waals surface area contributed by atoms with Crippen molar-refractivity contribution in [2.75, 3.05) is 6.54 Å². The first kappa shape index (κ1) is 13.8. The highest BCUT2D eigenvalue weighted by molar-refractivity contribution is 5.94. The standard InChI is InChI=1S/C16H18FN3O/c1-11-2-4-14(17)13(8-11)16(21)19-9-12-3-5-15-18-6-7-20(15)10-12/h2,4,6-8,12H,3,5,9-10H2,1H3,(H,19,21). The van der Waals surface area contributed by atoms with Crippen LogP contribution >= 0.6 is 0 Å². The molecule has 3 rings (SSSR count). The maximum absolute atomic E-state index is 13.7. The maximum Gasteiger partial charge on any atom is 0.254 e. The number of aryl methyl sites for hydroxylation is 2. The summed E-state index contributed by atoms with van der Waals surface area (Å²) in [6, 6.07) is 4.58. The normalized spacial score (nSPS) is 17.3. The molecular formula is C16H18FN3O. The lowest BCUT2D eigenvalue weighted by Crippen LogP contribution is -2.34. The molecular weight excluding hydrogens is 269 g/mol. The lowest BCUT2D eigenvalue weighted by Gasteiger charge is -2.24. The second kappa shape index (κ2) is 5.68. The van der Waals surface area contributed by atoms with E-state index in [1.807, 2.05) is 13.1 Å². The molecule has 0 saturated heterocycles. The van der Waals surface area contributed by atoms with Gasteiger partial charge in [-0.3, -0.25) is 4.79 Å². The fourth-order valence-corrected chi connectivity index (χ4v) is 2.75. The Kier molecular flexibility index (Phi) is 3.73. The van der Waals surface area contributed by atoms with Gasteiger partial charge in [-0.15, -0.1) is 0 Å². The van der Waals surface area contributed by atoms with Crippen LogP contribution in [0.4, 0.5) is 4.39 Å². The van der Waals surface area contributed by atoms with Crippen LogP contribution in [0.3, 0.4) is 0 Å². The van der Waals surface area contributed by atoms with E-state index in [0.29, 0.717) is 12.5 Å². The van der Waals surface area contributed by atoms with Crippen LogP contribution in [0, 0.1) is 18.7 Å². The van der Waals surface area contributed by atoms with Crippen molar-refractivity contribution in [2.45, 2.75) is 26.3 Å². The highest BCUT2D eigenvalue weighted by atomic mass is 19.1. The van der Waals surface area contributed by atoms with Gasteiger partial charge in [-0.25, -0.2) is 9.37 Å². The summed E-state index contributed by atoms with van der Waals surface area (Å²) in [5.41, 5.74) is 0.997. The first-order valence-corrected chi connectivity index (χ1v) is 7.18. The number of aromatic nitrogens is 2. The van der Waals surface area contributed by atoms with Crippen LogP contribution in [0.15, 0.2) is 30.6 Å². The highest BCUT2D eigenvalue weighted by Crippen LogP contribution is 2.18. The number of hydrogen-bond acceptors (Lipinski definition) is 2. The number of carbonyl (C=O) groups excluding carboxylic acids is 1. The van der Waals surface area contributed by atoms with Gasteiger partial charge in [0.25, 0.3) is 5.91 Å². The van der Waals surface area contributed by atoms with Gasteiger partial charge in [-0.1, -0.05) is 11.6 Å².